The van der Waals surface area contributed by atoms with Gasteiger partial charge in [0.2, 0.25) is 5.91 Å². The molecule has 0 radical (unpaired) electrons. The van der Waals surface area contributed by atoms with Crippen LogP contribution in [0.5, 0.6) is 0 Å². The topological polar surface area (TPSA) is 106 Å². The molecule has 2 N–H and O–H groups in total. The van der Waals surface area contributed by atoms with Crippen LogP contribution in [0.25, 0.3) is 11.0 Å². The Morgan fingerprint density at radius 3 is 2.61 bits per heavy atom. The molecule has 0 unspecified atom stereocenters. The summed E-state index contributed by atoms with van der Waals surface area (Å²) in [7, 11) is 0. The van der Waals surface area contributed by atoms with Gasteiger partial charge in [-0.05, 0) is 50.1 Å². The van der Waals surface area contributed by atoms with E-state index in [0.29, 0.717) is 40.6 Å². The van der Waals surface area contributed by atoms with Gasteiger partial charge in [-0.2, -0.15) is 0 Å². The maximum absolute atomic E-state index is 12.9. The maximum Gasteiger partial charge on any atom is 0.338 e. The summed E-state index contributed by atoms with van der Waals surface area (Å²) in [5, 5.41) is 3.31. The zero-order chi connectivity index (χ0) is 22.5. The molecule has 0 aliphatic carbocycles. The van der Waals surface area contributed by atoms with Gasteiger partial charge >= 0.3 is 5.97 Å². The van der Waals surface area contributed by atoms with Gasteiger partial charge in [0.25, 0.3) is 5.56 Å². The van der Waals surface area contributed by atoms with E-state index in [0.717, 1.165) is 5.69 Å². The summed E-state index contributed by atoms with van der Waals surface area (Å²) < 4.78 is 6.57. The van der Waals surface area contributed by atoms with E-state index in [9.17, 15) is 14.4 Å². The summed E-state index contributed by atoms with van der Waals surface area (Å²) in [4.78, 5) is 44.7. The number of nitrogens with one attached hydrogen (secondary N) is 2. The van der Waals surface area contributed by atoms with Crippen LogP contribution in [-0.4, -0.2) is 38.8 Å². The van der Waals surface area contributed by atoms with Gasteiger partial charge in [-0.25, -0.2) is 9.78 Å². The van der Waals surface area contributed by atoms with Crippen molar-refractivity contribution >= 4 is 40.4 Å². The standard InChI is InChI=1S/C22H26N4O4S/c1-5-30-21(29)15-6-8-16(9-7-15)24-18(27)12-31-22-25-17-10-14(4)23-19(17)20(28)26(22)11-13(2)3/h6-10,13,23H,5,11-12H2,1-4H3,(H,24,27). The lowest BCUT2D eigenvalue weighted by Gasteiger charge is -2.14. The number of nitrogens with zero attached hydrogens (tertiary/aromatic N) is 2. The van der Waals surface area contributed by atoms with Crippen LogP contribution in [0.4, 0.5) is 5.69 Å². The summed E-state index contributed by atoms with van der Waals surface area (Å²) in [5.74, 6) is -0.289. The van der Waals surface area contributed by atoms with Crippen LogP contribution in [0.2, 0.25) is 0 Å². The quantitative estimate of drug-likeness (QED) is 0.314. The molecular formula is C22H26N4O4S. The Balaban J connectivity index is 1.72. The van der Waals surface area contributed by atoms with Crippen LogP contribution >= 0.6 is 11.8 Å². The number of aromatic nitrogens is 3. The SMILES string of the molecule is CCOC(=O)c1ccc(NC(=O)CSc2nc3cc(C)[nH]c3c(=O)n2CC(C)C)cc1. The number of ether oxygens (including phenoxy) is 1. The predicted molar refractivity (Wildman–Crippen MR) is 122 cm³/mol. The van der Waals surface area contributed by atoms with Crippen molar-refractivity contribution in [1.82, 2.24) is 14.5 Å². The van der Waals surface area contributed by atoms with Crippen LogP contribution in [0.15, 0.2) is 40.3 Å². The summed E-state index contributed by atoms with van der Waals surface area (Å²) in [6.07, 6.45) is 0. The number of aromatic amines is 1. The molecule has 2 heterocycles. The van der Waals surface area contributed by atoms with Gasteiger partial charge in [-0.1, -0.05) is 25.6 Å². The number of carbonyl (C=O) groups excluding carboxylic acids is 2. The van der Waals surface area contributed by atoms with Crippen LogP contribution in [0.1, 0.15) is 36.8 Å². The first-order valence-electron chi connectivity index (χ1n) is 10.1. The largest absolute Gasteiger partial charge is 0.462 e. The molecule has 3 rings (SSSR count). The number of aryl methyl sites for hydroxylation is 1. The number of amides is 1. The van der Waals surface area contributed by atoms with Crippen LogP contribution in [-0.2, 0) is 16.1 Å². The lowest BCUT2D eigenvalue weighted by Crippen LogP contribution is -2.26. The van der Waals surface area contributed by atoms with E-state index >= 15 is 0 Å². The number of fused-ring (bicyclic) bond motifs is 1. The Bertz CT molecular complexity index is 1150. The van der Waals surface area contributed by atoms with E-state index in [4.69, 9.17) is 4.74 Å². The molecule has 8 nitrogen and oxygen atoms in total. The minimum absolute atomic E-state index is 0.0963. The normalized spacial score (nSPS) is 11.1. The van der Waals surface area contributed by atoms with E-state index < -0.39 is 5.97 Å². The van der Waals surface area contributed by atoms with Crippen molar-refractivity contribution in [2.45, 2.75) is 39.4 Å². The van der Waals surface area contributed by atoms with E-state index in [2.05, 4.69) is 15.3 Å². The molecule has 0 spiro atoms. The lowest BCUT2D eigenvalue weighted by atomic mass is 10.2. The van der Waals surface area contributed by atoms with Gasteiger partial charge in [-0.3, -0.25) is 14.2 Å². The number of rotatable bonds is 8. The smallest absolute Gasteiger partial charge is 0.338 e. The molecule has 0 aliphatic rings. The molecule has 31 heavy (non-hydrogen) atoms. The fraction of sp³-hybridized carbons (Fsp3) is 0.364. The first-order chi connectivity index (χ1) is 14.8. The van der Waals surface area contributed by atoms with Gasteiger partial charge in [0.1, 0.15) is 5.52 Å². The molecule has 0 bridgehead atoms. The summed E-state index contributed by atoms with van der Waals surface area (Å²) in [6.45, 7) is 8.49. The fourth-order valence-electron chi connectivity index (χ4n) is 3.08. The second kappa shape index (κ2) is 9.82. The minimum Gasteiger partial charge on any atom is -0.462 e. The van der Waals surface area contributed by atoms with Crippen LogP contribution in [0, 0.1) is 12.8 Å². The average molecular weight is 443 g/mol. The van der Waals surface area contributed by atoms with Crippen molar-refractivity contribution in [2.75, 3.05) is 17.7 Å². The molecule has 0 atom stereocenters. The predicted octanol–water partition coefficient (Wildman–Crippen LogP) is 3.60. The number of hydrogen-bond donors (Lipinski definition) is 2. The van der Waals surface area contributed by atoms with Gasteiger partial charge in [0.15, 0.2) is 5.16 Å². The Morgan fingerprint density at radius 2 is 1.97 bits per heavy atom. The van der Waals surface area contributed by atoms with Crippen molar-refractivity contribution in [3.63, 3.8) is 0 Å². The van der Waals surface area contributed by atoms with Crippen LogP contribution in [0.3, 0.4) is 0 Å². The summed E-state index contributed by atoms with van der Waals surface area (Å²) >= 11 is 1.22. The van der Waals surface area contributed by atoms with Crippen molar-refractivity contribution in [3.8, 4) is 0 Å². The van der Waals surface area contributed by atoms with Gasteiger partial charge in [0, 0.05) is 17.9 Å². The third kappa shape index (κ3) is 5.55. The van der Waals surface area contributed by atoms with Crippen molar-refractivity contribution in [2.24, 2.45) is 5.92 Å². The second-order valence-corrected chi connectivity index (χ2v) is 8.49. The Labute approximate surface area is 184 Å². The van der Waals surface area contributed by atoms with Crippen molar-refractivity contribution in [1.29, 1.82) is 0 Å². The molecule has 0 saturated carbocycles. The van der Waals surface area contributed by atoms with Gasteiger partial charge in [0.05, 0.1) is 23.4 Å². The molecule has 0 saturated heterocycles. The van der Waals surface area contributed by atoms with E-state index in [-0.39, 0.29) is 23.1 Å². The third-order valence-electron chi connectivity index (χ3n) is 4.40. The van der Waals surface area contributed by atoms with E-state index in [1.807, 2.05) is 26.8 Å². The number of H-pyrrole nitrogens is 1. The molecule has 3 aromatic rings. The van der Waals surface area contributed by atoms with Crippen LogP contribution < -0.4 is 10.9 Å². The minimum atomic E-state index is -0.402. The molecule has 1 amide bonds. The summed E-state index contributed by atoms with van der Waals surface area (Å²) in [6, 6.07) is 8.33. The number of hydrogen-bond acceptors (Lipinski definition) is 6. The Hall–Kier alpha value is -3.07. The molecule has 0 aliphatic heterocycles. The molecule has 164 valence electrons. The van der Waals surface area contributed by atoms with Gasteiger partial charge in [-0.15, -0.1) is 0 Å². The Morgan fingerprint density at radius 1 is 1.26 bits per heavy atom. The molecule has 1 aromatic carbocycles. The molecule has 2 aromatic heterocycles. The lowest BCUT2D eigenvalue weighted by molar-refractivity contribution is -0.113. The zero-order valence-electron chi connectivity index (χ0n) is 18.0. The number of benzene rings is 1. The van der Waals surface area contributed by atoms with Gasteiger partial charge < -0.3 is 15.0 Å². The Kier molecular flexibility index (Phi) is 7.17. The highest BCUT2D eigenvalue weighted by atomic mass is 32.2. The van der Waals surface area contributed by atoms with Crippen molar-refractivity contribution in [3.05, 3.63) is 51.9 Å². The van der Waals surface area contributed by atoms with E-state index in [1.165, 1.54) is 11.8 Å². The van der Waals surface area contributed by atoms with E-state index in [1.54, 1.807) is 35.8 Å². The molecule has 9 heteroatoms. The number of anilines is 1. The fourth-order valence-corrected chi connectivity index (χ4v) is 3.89. The first-order valence-corrected chi connectivity index (χ1v) is 11.1. The summed E-state index contributed by atoms with van der Waals surface area (Å²) in [5.41, 5.74) is 2.80. The number of thioether (sulfide) groups is 1. The zero-order valence-corrected chi connectivity index (χ0v) is 18.8. The van der Waals surface area contributed by atoms with Crippen molar-refractivity contribution < 1.29 is 14.3 Å². The monoisotopic (exact) mass is 442 g/mol. The third-order valence-corrected chi connectivity index (χ3v) is 5.37. The highest BCUT2D eigenvalue weighted by Crippen LogP contribution is 2.20. The first kappa shape index (κ1) is 22.6. The number of esters is 1. The molecule has 0 fully saturated rings. The highest BCUT2D eigenvalue weighted by molar-refractivity contribution is 7.99. The maximum atomic E-state index is 12.9. The highest BCUT2D eigenvalue weighted by Gasteiger charge is 2.16. The molecular weight excluding hydrogens is 416 g/mol. The number of carbonyl (C=O) groups is 2. The average Bonchev–Trinajstić information content (AvgIpc) is 3.10. The second-order valence-electron chi connectivity index (χ2n) is 7.55.